The van der Waals surface area contributed by atoms with E-state index in [0.717, 1.165) is 0 Å². The molecule has 0 unspecified atom stereocenters. The molecule has 0 aliphatic carbocycles. The molecule has 0 saturated heterocycles. The summed E-state index contributed by atoms with van der Waals surface area (Å²) in [6, 6.07) is 0. The molecule has 0 aromatic carbocycles. The fraction of sp³-hybridized carbons (Fsp3) is 1.00. The summed E-state index contributed by atoms with van der Waals surface area (Å²) in [5, 5.41) is 0. The molecule has 0 rings (SSSR count). The molecule has 21 heteroatoms. The first kappa shape index (κ1) is 44.2. The fourth-order valence-corrected chi connectivity index (χ4v) is 28.1. The SMILES string of the molecule is CN(C)P(Cl)(=N[P+](N=P(N(C)C)(N(C)C)N(C)C)(N=P(N(C)C)(N(C)C)N(C)C)N=P(N(C)C)(N(C)C)N(C)C)N(C)C. The van der Waals surface area contributed by atoms with Gasteiger partial charge in [0.1, 0.15) is 0 Å². The third kappa shape index (κ3) is 8.82. The molecule has 260 valence electrons. The topological polar surface area (TPSA) is 85.1 Å². The van der Waals surface area contributed by atoms with Gasteiger partial charge in [-0.25, -0.2) is 51.4 Å². The highest BCUT2D eigenvalue weighted by atomic mass is 35.7. The lowest BCUT2D eigenvalue weighted by Crippen LogP contribution is -2.32. The van der Waals surface area contributed by atoms with E-state index in [0.29, 0.717) is 0 Å². The molecule has 0 spiro atoms. The summed E-state index contributed by atoms with van der Waals surface area (Å²) < 4.78 is 47.3. The van der Waals surface area contributed by atoms with Gasteiger partial charge in [0.15, 0.2) is 0 Å². The summed E-state index contributed by atoms with van der Waals surface area (Å²) in [4.78, 5) is 0. The predicted octanol–water partition coefficient (Wildman–Crippen LogP) is 5.87. The fourth-order valence-electron chi connectivity index (χ4n) is 5.20. The Morgan fingerprint density at radius 1 is 0.302 bits per heavy atom. The number of halogens is 1. The molecule has 0 fully saturated rings. The van der Waals surface area contributed by atoms with Gasteiger partial charge >= 0.3 is 7.87 Å². The number of hydrogen-bond donors (Lipinski definition) is 0. The minimum atomic E-state index is -3.47. The minimum absolute atomic E-state index is 1.98. The first-order valence-corrected chi connectivity index (χ1v) is 22.8. The molecule has 0 aromatic rings. The largest absolute Gasteiger partial charge is 0.502 e. The Hall–Kier alpha value is 1.20. The molecule has 0 saturated carbocycles. The summed E-state index contributed by atoms with van der Waals surface area (Å²) in [5.41, 5.74) is 0. The lowest BCUT2D eigenvalue weighted by atomic mass is 11.2. The van der Waals surface area contributed by atoms with Crippen molar-refractivity contribution in [3.8, 4) is 0 Å². The van der Waals surface area contributed by atoms with Crippen LogP contribution in [0.1, 0.15) is 0 Å². The van der Waals surface area contributed by atoms with Gasteiger partial charge in [-0.3, -0.25) is 0 Å². The first-order valence-electron chi connectivity index (χ1n) is 13.8. The Kier molecular flexibility index (Phi) is 17.0. The lowest BCUT2D eigenvalue weighted by molar-refractivity contribution is 0.472. The summed E-state index contributed by atoms with van der Waals surface area (Å²) in [7, 11) is 34.0. The van der Waals surface area contributed by atoms with Gasteiger partial charge < -0.3 is 0 Å². The van der Waals surface area contributed by atoms with Crippen molar-refractivity contribution in [2.45, 2.75) is 0 Å². The summed E-state index contributed by atoms with van der Waals surface area (Å²) in [6.07, 6.45) is 0. The molecule has 0 bridgehead atoms. The van der Waals surface area contributed by atoms with Crippen LogP contribution in [0, 0.1) is 0 Å². The third-order valence-electron chi connectivity index (χ3n) is 6.80. The Morgan fingerprint density at radius 3 is 0.581 bits per heavy atom. The second-order valence-corrected chi connectivity index (χ2v) is 30.6. The number of rotatable bonds is 15. The molecular formula is C22H66ClN15P5+. The second kappa shape index (κ2) is 16.5. The number of hydrogen-bond acceptors (Lipinski definition) is 4. The van der Waals surface area contributed by atoms with Crippen LogP contribution in [0.25, 0.3) is 0 Å². The van der Waals surface area contributed by atoms with Crippen molar-refractivity contribution in [3.63, 3.8) is 0 Å². The zero-order valence-corrected chi connectivity index (χ0v) is 36.6. The van der Waals surface area contributed by atoms with Crippen molar-refractivity contribution in [2.75, 3.05) is 155 Å². The van der Waals surface area contributed by atoms with E-state index in [1.807, 2.05) is 37.5 Å². The van der Waals surface area contributed by atoms with Gasteiger partial charge in [0, 0.05) is 0 Å². The van der Waals surface area contributed by atoms with E-state index in [2.05, 4.69) is 169 Å². The molecule has 0 atom stereocenters. The summed E-state index contributed by atoms with van der Waals surface area (Å²) in [6.45, 7) is -2.85. The van der Waals surface area contributed by atoms with Crippen molar-refractivity contribution >= 4 is 48.3 Å². The van der Waals surface area contributed by atoms with E-state index in [9.17, 15) is 0 Å². The van der Waals surface area contributed by atoms with Crippen molar-refractivity contribution in [3.05, 3.63) is 0 Å². The van der Waals surface area contributed by atoms with Crippen LogP contribution in [0.3, 0.4) is 0 Å². The van der Waals surface area contributed by atoms with Gasteiger partial charge in [0.05, 0.1) is 0 Å². The smallest absolute Gasteiger partial charge is 0.249 e. The van der Waals surface area contributed by atoms with Gasteiger partial charge in [-0.1, -0.05) is 0 Å². The molecular weight excluding hydrogens is 665 g/mol. The van der Waals surface area contributed by atoms with E-state index in [-0.39, 0.29) is 0 Å². The van der Waals surface area contributed by atoms with Crippen LogP contribution in [0.2, 0.25) is 0 Å². The first-order chi connectivity index (χ1) is 19.2. The third-order valence-corrected chi connectivity index (χ3v) is 28.6. The normalized spacial score (nSPS) is 14.8. The molecule has 43 heavy (non-hydrogen) atoms. The monoisotopic (exact) mass is 730 g/mol. The van der Waals surface area contributed by atoms with E-state index < -0.39 is 37.1 Å². The summed E-state index contributed by atoms with van der Waals surface area (Å²) >= 11 is 7.65. The van der Waals surface area contributed by atoms with E-state index in [4.69, 9.17) is 29.3 Å². The van der Waals surface area contributed by atoms with Gasteiger partial charge in [-0.15, -0.1) is 0 Å². The van der Waals surface area contributed by atoms with E-state index in [1.165, 1.54) is 0 Å². The minimum Gasteiger partial charge on any atom is -0.249 e. The highest BCUT2D eigenvalue weighted by Crippen LogP contribution is 2.86. The van der Waals surface area contributed by atoms with Crippen LogP contribution in [-0.2, 0) is 0 Å². The molecule has 0 N–H and O–H groups in total. The average molecular weight is 731 g/mol. The van der Waals surface area contributed by atoms with Gasteiger partial charge in [-0.2, -0.15) is 0 Å². The average Bonchev–Trinajstić information content (AvgIpc) is 2.82. The van der Waals surface area contributed by atoms with Crippen molar-refractivity contribution in [2.24, 2.45) is 18.1 Å². The van der Waals surface area contributed by atoms with Crippen LogP contribution in [-0.4, -0.2) is 206 Å². The molecule has 0 aromatic heterocycles. The quantitative estimate of drug-likeness (QED) is 0.190. The molecule has 15 nitrogen and oxygen atoms in total. The van der Waals surface area contributed by atoms with Crippen molar-refractivity contribution in [1.82, 2.24) is 51.4 Å². The Balaban J connectivity index is 9.93. The van der Waals surface area contributed by atoms with Gasteiger partial charge in [-0.05, 0) is 184 Å². The summed E-state index contributed by atoms with van der Waals surface area (Å²) in [5.74, 6) is 0. The van der Waals surface area contributed by atoms with Crippen molar-refractivity contribution < 1.29 is 0 Å². The Morgan fingerprint density at radius 2 is 0.465 bits per heavy atom. The number of nitrogens with zero attached hydrogens (tertiary/aromatic N) is 15. The lowest BCUT2D eigenvalue weighted by Gasteiger charge is -2.43. The van der Waals surface area contributed by atoms with E-state index >= 15 is 0 Å². The van der Waals surface area contributed by atoms with Crippen molar-refractivity contribution in [1.29, 1.82) is 0 Å². The highest BCUT2D eigenvalue weighted by molar-refractivity contribution is 7.95. The van der Waals surface area contributed by atoms with Crippen LogP contribution in [0.4, 0.5) is 0 Å². The maximum absolute atomic E-state index is 7.65. The van der Waals surface area contributed by atoms with Crippen LogP contribution < -0.4 is 0 Å². The van der Waals surface area contributed by atoms with Crippen LogP contribution >= 0.6 is 48.3 Å². The predicted molar refractivity (Wildman–Crippen MR) is 201 cm³/mol. The van der Waals surface area contributed by atoms with E-state index in [1.54, 1.807) is 0 Å². The molecule has 0 aliphatic rings. The standard InChI is InChI=1S/C22H66ClN15P5/c1-28(2)39(23,29(3)4)24-40(25-41(30(5)6,31(7)8)32(9)10,26-42(33(11)12,34(13)14)35(15)16)27-43(36(17)18,37(19)20)38(21)22/h1-22H3/q+1. The molecule has 0 aliphatic heterocycles. The zero-order chi connectivity index (χ0) is 34.7. The maximum atomic E-state index is 7.65. The maximum Gasteiger partial charge on any atom is 0.502 e. The molecule has 0 heterocycles. The van der Waals surface area contributed by atoms with Crippen LogP contribution in [0.15, 0.2) is 18.1 Å². The van der Waals surface area contributed by atoms with Gasteiger partial charge in [0.25, 0.3) is 0 Å². The zero-order valence-electron chi connectivity index (χ0n) is 31.3. The molecule has 0 amide bonds. The highest BCUT2D eigenvalue weighted by Gasteiger charge is 2.56. The molecule has 0 radical (unpaired) electrons. The Labute approximate surface area is 272 Å². The van der Waals surface area contributed by atoms with Crippen LogP contribution in [0.5, 0.6) is 0 Å². The second-order valence-electron chi connectivity index (χ2n) is 12.3. The van der Waals surface area contributed by atoms with Gasteiger partial charge in [0.2, 0.25) is 29.2 Å². The Bertz CT molecular complexity index is 925.